The van der Waals surface area contributed by atoms with Crippen molar-refractivity contribution in [1.29, 1.82) is 0 Å². The third-order valence-electron chi connectivity index (χ3n) is 6.06. The molecule has 7 nitrogen and oxygen atoms in total. The van der Waals surface area contributed by atoms with E-state index in [1.807, 2.05) is 71.4 Å². The smallest absolute Gasteiger partial charge is 0.257 e. The Morgan fingerprint density at radius 2 is 0.927 bits per heavy atom. The fraction of sp³-hybridized carbons (Fsp3) is 0. The van der Waals surface area contributed by atoms with Crippen molar-refractivity contribution < 1.29 is 14.3 Å². The average molecular weight is 575 g/mol. The maximum atomic E-state index is 12.7. The summed E-state index contributed by atoms with van der Waals surface area (Å²) in [6.07, 6.45) is 0. The molecule has 4 aromatic carbocycles. The van der Waals surface area contributed by atoms with Crippen LogP contribution in [0.25, 0.3) is 22.5 Å². The number of nitrogens with zero attached hydrogens (tertiary/aromatic N) is 2. The van der Waals surface area contributed by atoms with E-state index >= 15 is 0 Å². The molecule has 0 aliphatic rings. The third-order valence-corrected chi connectivity index (χ3v) is 7.57. The van der Waals surface area contributed by atoms with Crippen molar-refractivity contribution in [2.24, 2.45) is 0 Å². The van der Waals surface area contributed by atoms with Gasteiger partial charge < -0.3 is 4.74 Å². The highest BCUT2D eigenvalue weighted by atomic mass is 32.1. The summed E-state index contributed by atoms with van der Waals surface area (Å²) in [7, 11) is 0. The quantitative estimate of drug-likeness (QED) is 0.191. The average Bonchev–Trinajstić information content (AvgIpc) is 3.69. The Labute approximate surface area is 244 Å². The van der Waals surface area contributed by atoms with Gasteiger partial charge in [-0.2, -0.15) is 0 Å². The summed E-state index contributed by atoms with van der Waals surface area (Å²) < 4.78 is 5.91. The lowest BCUT2D eigenvalue weighted by Crippen LogP contribution is -2.11. The molecular formula is C32H22N4O3S2. The van der Waals surface area contributed by atoms with Crippen molar-refractivity contribution in [2.75, 3.05) is 10.6 Å². The molecule has 6 aromatic rings. The van der Waals surface area contributed by atoms with Crippen LogP contribution in [0.15, 0.2) is 120 Å². The summed E-state index contributed by atoms with van der Waals surface area (Å²) in [4.78, 5) is 34.4. The number of rotatable bonds is 8. The van der Waals surface area contributed by atoms with Gasteiger partial charge in [0.2, 0.25) is 0 Å². The molecule has 0 aliphatic carbocycles. The summed E-state index contributed by atoms with van der Waals surface area (Å²) in [6.45, 7) is 0. The highest BCUT2D eigenvalue weighted by Crippen LogP contribution is 2.27. The van der Waals surface area contributed by atoms with Crippen LogP contribution in [0, 0.1) is 0 Å². The molecule has 0 radical (unpaired) electrons. The van der Waals surface area contributed by atoms with E-state index in [1.54, 1.807) is 48.5 Å². The number of nitrogens with one attached hydrogen (secondary N) is 2. The zero-order valence-electron chi connectivity index (χ0n) is 21.5. The highest BCUT2D eigenvalue weighted by Gasteiger charge is 2.12. The monoisotopic (exact) mass is 574 g/mol. The van der Waals surface area contributed by atoms with E-state index in [9.17, 15) is 9.59 Å². The molecular weight excluding hydrogens is 553 g/mol. The Bertz CT molecular complexity index is 1650. The molecule has 200 valence electrons. The van der Waals surface area contributed by atoms with Gasteiger partial charge in [-0.15, -0.1) is 22.7 Å². The second kappa shape index (κ2) is 12.0. The largest absolute Gasteiger partial charge is 0.457 e. The molecule has 41 heavy (non-hydrogen) atoms. The van der Waals surface area contributed by atoms with Crippen molar-refractivity contribution in [1.82, 2.24) is 9.97 Å². The molecule has 0 atom stereocenters. The van der Waals surface area contributed by atoms with Gasteiger partial charge in [0.25, 0.3) is 11.8 Å². The van der Waals surface area contributed by atoms with E-state index in [4.69, 9.17) is 4.74 Å². The Morgan fingerprint density at radius 1 is 0.537 bits per heavy atom. The van der Waals surface area contributed by atoms with Crippen LogP contribution in [0.2, 0.25) is 0 Å². The van der Waals surface area contributed by atoms with E-state index in [-0.39, 0.29) is 11.8 Å². The van der Waals surface area contributed by atoms with Crippen LogP contribution in [-0.2, 0) is 0 Å². The number of anilines is 2. The van der Waals surface area contributed by atoms with Crippen molar-refractivity contribution in [3.63, 3.8) is 0 Å². The van der Waals surface area contributed by atoms with Crippen LogP contribution in [0.3, 0.4) is 0 Å². The molecule has 2 aromatic heterocycles. The normalized spacial score (nSPS) is 10.6. The number of amides is 2. The molecule has 2 heterocycles. The summed E-state index contributed by atoms with van der Waals surface area (Å²) in [5.41, 5.74) is 4.60. The zero-order chi connectivity index (χ0) is 28.0. The van der Waals surface area contributed by atoms with Gasteiger partial charge in [-0.3, -0.25) is 20.2 Å². The Balaban J connectivity index is 1.03. The van der Waals surface area contributed by atoms with Crippen molar-refractivity contribution in [3.8, 4) is 34.0 Å². The summed E-state index contributed by atoms with van der Waals surface area (Å²) in [6, 6.07) is 33.3. The van der Waals surface area contributed by atoms with E-state index in [2.05, 4.69) is 20.6 Å². The molecule has 0 bridgehead atoms. The van der Waals surface area contributed by atoms with Gasteiger partial charge in [0.15, 0.2) is 10.3 Å². The fourth-order valence-electron chi connectivity index (χ4n) is 3.97. The van der Waals surface area contributed by atoms with Crippen LogP contribution in [0.4, 0.5) is 10.3 Å². The standard InChI is InChI=1S/C32H22N4O3S2/c37-29(35-31-33-27(19-40-31)21-7-3-1-4-8-21)23-11-15-25(16-12-23)39-26-17-13-24(14-18-26)30(38)36-32-34-28(20-41-32)22-9-5-2-6-10-22/h1-20H,(H,33,35,37)(H,34,36,38). The predicted octanol–water partition coefficient (Wildman–Crippen LogP) is 8.23. The summed E-state index contributed by atoms with van der Waals surface area (Å²) in [5.74, 6) is 0.625. The first-order chi connectivity index (χ1) is 20.1. The number of carbonyl (C=O) groups excluding carboxylic acids is 2. The van der Waals surface area contributed by atoms with Gasteiger partial charge in [0.05, 0.1) is 11.4 Å². The number of thiazole rings is 2. The third kappa shape index (κ3) is 6.38. The maximum Gasteiger partial charge on any atom is 0.257 e. The van der Waals surface area contributed by atoms with E-state index in [0.29, 0.717) is 32.9 Å². The Morgan fingerprint density at radius 3 is 1.32 bits per heavy atom. The van der Waals surface area contributed by atoms with Crippen LogP contribution >= 0.6 is 22.7 Å². The number of carbonyl (C=O) groups is 2. The molecule has 9 heteroatoms. The minimum atomic E-state index is -0.253. The first-order valence-electron chi connectivity index (χ1n) is 12.6. The van der Waals surface area contributed by atoms with Crippen LogP contribution in [0.1, 0.15) is 20.7 Å². The van der Waals surface area contributed by atoms with Gasteiger partial charge >= 0.3 is 0 Å². The van der Waals surface area contributed by atoms with Crippen molar-refractivity contribution >= 4 is 44.8 Å². The molecule has 0 saturated carbocycles. The van der Waals surface area contributed by atoms with E-state index in [0.717, 1.165) is 22.5 Å². The van der Waals surface area contributed by atoms with Crippen LogP contribution < -0.4 is 15.4 Å². The highest BCUT2D eigenvalue weighted by molar-refractivity contribution is 7.14. The van der Waals surface area contributed by atoms with E-state index < -0.39 is 0 Å². The topological polar surface area (TPSA) is 93.2 Å². The van der Waals surface area contributed by atoms with Gasteiger partial charge in [0.1, 0.15) is 11.5 Å². The van der Waals surface area contributed by atoms with Crippen LogP contribution in [-0.4, -0.2) is 21.8 Å². The van der Waals surface area contributed by atoms with Crippen LogP contribution in [0.5, 0.6) is 11.5 Å². The Hall–Kier alpha value is -5.12. The molecule has 0 spiro atoms. The van der Waals surface area contributed by atoms with Crippen molar-refractivity contribution in [2.45, 2.75) is 0 Å². The molecule has 2 amide bonds. The minimum Gasteiger partial charge on any atom is -0.457 e. The number of benzene rings is 4. The Kier molecular flexibility index (Phi) is 7.61. The second-order valence-electron chi connectivity index (χ2n) is 8.87. The first kappa shape index (κ1) is 26.1. The molecule has 0 aliphatic heterocycles. The SMILES string of the molecule is O=C(Nc1nc(-c2ccccc2)cs1)c1ccc(Oc2ccc(C(=O)Nc3nc(-c4ccccc4)cs3)cc2)cc1. The van der Waals surface area contributed by atoms with Gasteiger partial charge in [-0.25, -0.2) is 9.97 Å². The number of hydrogen-bond acceptors (Lipinski definition) is 7. The molecule has 6 rings (SSSR count). The van der Waals surface area contributed by atoms with E-state index in [1.165, 1.54) is 22.7 Å². The number of hydrogen-bond donors (Lipinski definition) is 2. The maximum absolute atomic E-state index is 12.7. The molecule has 0 saturated heterocycles. The lowest BCUT2D eigenvalue weighted by molar-refractivity contribution is 0.101. The minimum absolute atomic E-state index is 0.253. The molecule has 2 N–H and O–H groups in total. The number of ether oxygens (including phenoxy) is 1. The lowest BCUT2D eigenvalue weighted by atomic mass is 10.2. The van der Waals surface area contributed by atoms with Gasteiger partial charge in [-0.1, -0.05) is 60.7 Å². The van der Waals surface area contributed by atoms with Crippen molar-refractivity contribution in [3.05, 3.63) is 131 Å². The number of aromatic nitrogens is 2. The molecule has 0 fully saturated rings. The molecule has 0 unspecified atom stereocenters. The summed E-state index contributed by atoms with van der Waals surface area (Å²) >= 11 is 2.75. The zero-order valence-corrected chi connectivity index (χ0v) is 23.1. The fourth-order valence-corrected chi connectivity index (χ4v) is 5.40. The van der Waals surface area contributed by atoms with Gasteiger partial charge in [-0.05, 0) is 48.5 Å². The first-order valence-corrected chi connectivity index (χ1v) is 14.4. The van der Waals surface area contributed by atoms with Gasteiger partial charge in [0, 0.05) is 33.0 Å². The summed E-state index contributed by atoms with van der Waals surface area (Å²) in [5, 5.41) is 10.6. The predicted molar refractivity (Wildman–Crippen MR) is 164 cm³/mol. The second-order valence-corrected chi connectivity index (χ2v) is 10.6. The lowest BCUT2D eigenvalue weighted by Gasteiger charge is -2.08.